The van der Waals surface area contributed by atoms with Gasteiger partial charge in [0.15, 0.2) is 23.9 Å². The molecule has 0 saturated heterocycles. The Balaban J connectivity index is 0.744. The van der Waals surface area contributed by atoms with Crippen molar-refractivity contribution in [2.45, 2.75) is 96.7 Å². The van der Waals surface area contributed by atoms with Gasteiger partial charge < -0.3 is 41.2 Å². The largest absolute Gasteiger partial charge is 0.508 e. The molecule has 0 saturated carbocycles. The Morgan fingerprint density at radius 3 is 2.06 bits per heavy atom. The van der Waals surface area contributed by atoms with Crippen molar-refractivity contribution in [1.29, 1.82) is 0 Å². The number of carbonyl (C=O) groups is 4. The van der Waals surface area contributed by atoms with E-state index in [-0.39, 0.29) is 73.1 Å². The summed E-state index contributed by atoms with van der Waals surface area (Å²) < 4.78 is 13.8. The molecule has 0 radical (unpaired) electrons. The highest BCUT2D eigenvalue weighted by molar-refractivity contribution is 5.96. The minimum atomic E-state index is -0.895. The van der Waals surface area contributed by atoms with E-state index in [1.165, 1.54) is 27.7 Å². The summed E-state index contributed by atoms with van der Waals surface area (Å²) >= 11 is 0. The van der Waals surface area contributed by atoms with Crippen molar-refractivity contribution in [3.05, 3.63) is 191 Å². The summed E-state index contributed by atoms with van der Waals surface area (Å²) in [5, 5.41) is 23.6. The normalized spacial score (nSPS) is 13.9. The number of fused-ring (bicyclic) bond motifs is 3. The number of aromatic hydroxyl groups is 1. The van der Waals surface area contributed by atoms with Gasteiger partial charge in [-0.3, -0.25) is 29.5 Å². The number of aliphatic imine (C=N–C) groups is 1. The Kier molecular flexibility index (Phi) is 21.5. The van der Waals surface area contributed by atoms with E-state index in [0.29, 0.717) is 52.2 Å². The third kappa shape index (κ3) is 16.7. The van der Waals surface area contributed by atoms with Crippen LogP contribution in [-0.4, -0.2) is 87.3 Å². The zero-order chi connectivity index (χ0) is 56.2. The molecule has 0 spiro atoms. The van der Waals surface area contributed by atoms with Gasteiger partial charge in [-0.15, -0.1) is 0 Å². The standard InChI is InChI=1S/C64H76N8O7/c1-45-42-48(18-16-26-56-64(3,4)60-53-24-13-12-19-49(53)31-34-55(60)71(56)5)43-46(2)72(45)37-39-79-41-40-78-38-36-66-57(74)27-14-15-28-58(75)70-63(65)67-35-17-25-54(61(76)68-44-47-29-32-52(73)33-30-47)69-62(77)59(50-20-8-6-9-21-50)51-22-10-7-11-23-51/h6-13,16,18-24,26,29-34,42-43,54,59H,14-15,17,25,27-28,35-41,44H2,1-5H3,(H6-,65,66,67,68,69,70,73,74,75,76,77)/p+1/t54-/m1/s1. The van der Waals surface area contributed by atoms with Gasteiger partial charge in [0, 0.05) is 82.3 Å². The fraction of sp³-hybridized carbons (Fsp3) is 0.344. The number of aryl methyl sites for hydroxylation is 2. The predicted octanol–water partition coefficient (Wildman–Crippen LogP) is 8.33. The van der Waals surface area contributed by atoms with Crippen molar-refractivity contribution < 1.29 is 38.3 Å². The number of rotatable bonds is 27. The van der Waals surface area contributed by atoms with Crippen molar-refractivity contribution in [1.82, 2.24) is 21.3 Å². The van der Waals surface area contributed by atoms with Gasteiger partial charge in [0.05, 0.1) is 25.7 Å². The number of likely N-dealkylation sites (N-methyl/N-ethyl adjacent to an activating group) is 1. The second-order valence-corrected chi connectivity index (χ2v) is 20.4. The number of phenolic OH excluding ortho intramolecular Hbond substituents is 1. The Bertz CT molecular complexity index is 3040. The summed E-state index contributed by atoms with van der Waals surface area (Å²) in [4.78, 5) is 59.2. The summed E-state index contributed by atoms with van der Waals surface area (Å²) in [6.45, 7) is 12.1. The highest BCUT2D eigenvalue weighted by atomic mass is 16.5. The topological polar surface area (TPSA) is 201 Å². The maximum absolute atomic E-state index is 14.0. The van der Waals surface area contributed by atoms with Gasteiger partial charge in [0.25, 0.3) is 0 Å². The van der Waals surface area contributed by atoms with Gasteiger partial charge >= 0.3 is 0 Å². The number of pyridine rings is 1. The average Bonchev–Trinajstić information content (AvgIpc) is 3.85. The number of amides is 4. The van der Waals surface area contributed by atoms with Crippen molar-refractivity contribution in [3.63, 3.8) is 0 Å². The molecule has 0 unspecified atom stereocenters. The lowest BCUT2D eigenvalue weighted by Gasteiger charge is -2.24. The predicted molar refractivity (Wildman–Crippen MR) is 312 cm³/mol. The van der Waals surface area contributed by atoms with E-state index in [1.54, 1.807) is 24.3 Å². The number of unbranched alkanes of at least 4 members (excludes halogenated alkanes) is 1. The van der Waals surface area contributed by atoms with E-state index in [2.05, 4.69) is 137 Å². The molecule has 0 fully saturated rings. The third-order valence-corrected chi connectivity index (χ3v) is 14.3. The Labute approximate surface area is 465 Å². The van der Waals surface area contributed by atoms with Gasteiger partial charge in [0.2, 0.25) is 23.6 Å². The molecule has 6 aromatic rings. The van der Waals surface area contributed by atoms with E-state index in [0.717, 1.165) is 40.2 Å². The quantitative estimate of drug-likeness (QED) is 0.0127. The highest BCUT2D eigenvalue weighted by Crippen LogP contribution is 2.50. The zero-order valence-corrected chi connectivity index (χ0v) is 46.3. The molecule has 1 atom stereocenters. The van der Waals surface area contributed by atoms with Crippen LogP contribution in [0.5, 0.6) is 5.75 Å². The van der Waals surface area contributed by atoms with Crippen LogP contribution >= 0.6 is 0 Å². The lowest BCUT2D eigenvalue weighted by Crippen LogP contribution is -2.48. The lowest BCUT2D eigenvalue weighted by molar-refractivity contribution is -0.710. The number of ether oxygens (including phenoxy) is 2. The van der Waals surface area contributed by atoms with Crippen LogP contribution in [0.15, 0.2) is 156 Å². The Hall–Kier alpha value is -8.14. The molecule has 414 valence electrons. The van der Waals surface area contributed by atoms with Crippen LogP contribution in [0.1, 0.15) is 97.5 Å². The molecule has 2 heterocycles. The summed E-state index contributed by atoms with van der Waals surface area (Å²) in [6, 6.07) is 41.8. The molecule has 4 amide bonds. The number of benzene rings is 5. The van der Waals surface area contributed by atoms with Crippen LogP contribution in [0.25, 0.3) is 16.8 Å². The number of aromatic nitrogens is 1. The van der Waals surface area contributed by atoms with Crippen LogP contribution in [-0.2, 0) is 47.2 Å². The van der Waals surface area contributed by atoms with Crippen LogP contribution in [0, 0.1) is 13.8 Å². The minimum absolute atomic E-state index is 0.0519. The number of hydrogen-bond donors (Lipinski definition) is 6. The van der Waals surface area contributed by atoms with Crippen molar-refractivity contribution in [3.8, 4) is 5.75 Å². The van der Waals surface area contributed by atoms with Crippen molar-refractivity contribution in [2.75, 3.05) is 51.5 Å². The second kappa shape index (κ2) is 29.0. The molecular weight excluding hydrogens is 993 g/mol. The zero-order valence-electron chi connectivity index (χ0n) is 46.3. The number of nitrogens with zero attached hydrogens (tertiary/aromatic N) is 3. The van der Waals surface area contributed by atoms with Crippen LogP contribution in [0.2, 0.25) is 0 Å². The molecule has 7 N–H and O–H groups in total. The molecule has 0 aliphatic carbocycles. The van der Waals surface area contributed by atoms with Crippen LogP contribution < -0.4 is 36.5 Å². The molecule has 5 aromatic carbocycles. The van der Waals surface area contributed by atoms with Gasteiger partial charge in [-0.25, -0.2) is 0 Å². The number of anilines is 1. The smallest absolute Gasteiger partial charge is 0.242 e. The minimum Gasteiger partial charge on any atom is -0.508 e. The van der Waals surface area contributed by atoms with E-state index >= 15 is 0 Å². The fourth-order valence-electron chi connectivity index (χ4n) is 10.2. The van der Waals surface area contributed by atoms with Gasteiger partial charge in [0.1, 0.15) is 18.4 Å². The number of allylic oxidation sites excluding steroid dienone is 3. The molecule has 7 rings (SSSR count). The first-order chi connectivity index (χ1) is 38.2. The summed E-state index contributed by atoms with van der Waals surface area (Å²) in [6.07, 6.45) is 8.63. The molecule has 1 aliphatic rings. The summed E-state index contributed by atoms with van der Waals surface area (Å²) in [5.41, 5.74) is 15.6. The number of carbonyl (C=O) groups excluding carboxylic acids is 4. The second-order valence-electron chi connectivity index (χ2n) is 20.4. The molecule has 1 aromatic heterocycles. The fourth-order valence-corrected chi connectivity index (χ4v) is 10.2. The number of guanidine groups is 1. The van der Waals surface area contributed by atoms with E-state index in [9.17, 15) is 24.3 Å². The van der Waals surface area contributed by atoms with Gasteiger partial charge in [-0.1, -0.05) is 129 Å². The first-order valence-electron chi connectivity index (χ1n) is 27.3. The lowest BCUT2D eigenvalue weighted by atomic mass is 9.81. The SMILES string of the molecule is Cc1cc(/C=C/C=C2\N(C)c3ccc4ccccc4c3C2(C)C)cc(C)[n+]1CCOCCOCCNC(=O)CCCCC(=O)NC(N)=NCCC[C@@H](NC(=O)C(c1ccccc1)c1ccccc1)C(=O)NCc1ccc(O)cc1. The molecule has 0 bridgehead atoms. The highest BCUT2D eigenvalue weighted by Gasteiger charge is 2.39. The van der Waals surface area contributed by atoms with Gasteiger partial charge in [-0.2, -0.15) is 4.57 Å². The van der Waals surface area contributed by atoms with E-state index < -0.39 is 12.0 Å². The van der Waals surface area contributed by atoms with E-state index in [1.807, 2.05) is 60.7 Å². The molecule has 15 nitrogen and oxygen atoms in total. The van der Waals surface area contributed by atoms with Crippen LogP contribution in [0.4, 0.5) is 5.69 Å². The Morgan fingerprint density at radius 1 is 0.747 bits per heavy atom. The van der Waals surface area contributed by atoms with Gasteiger partial charge in [-0.05, 0) is 88.5 Å². The molecular formula is C64H77N8O7+. The molecule has 79 heavy (non-hydrogen) atoms. The maximum Gasteiger partial charge on any atom is 0.242 e. The van der Waals surface area contributed by atoms with Crippen molar-refractivity contribution in [2.24, 2.45) is 10.7 Å². The summed E-state index contributed by atoms with van der Waals surface area (Å²) in [7, 11) is 2.15. The Morgan fingerprint density at radius 2 is 1.38 bits per heavy atom. The number of nitrogens with two attached hydrogens (primary N) is 1. The molecule has 15 heteroatoms. The number of phenols is 1. The van der Waals surface area contributed by atoms with Crippen LogP contribution in [0.3, 0.4) is 0 Å². The van der Waals surface area contributed by atoms with E-state index in [4.69, 9.17) is 15.2 Å². The number of hydrogen-bond acceptors (Lipinski definition) is 9. The average molecular weight is 1070 g/mol. The third-order valence-electron chi connectivity index (χ3n) is 14.3. The monoisotopic (exact) mass is 1070 g/mol. The summed E-state index contributed by atoms with van der Waals surface area (Å²) in [5.74, 6) is -1.72. The first kappa shape index (κ1) is 58.5. The maximum atomic E-state index is 14.0. The number of nitrogens with one attached hydrogen (secondary N) is 4. The molecule has 1 aliphatic heterocycles. The van der Waals surface area contributed by atoms with Crippen molar-refractivity contribution >= 4 is 52.1 Å². The first-order valence-corrected chi connectivity index (χ1v) is 27.3.